The quantitative estimate of drug-likeness (QED) is 0.170. The molecule has 0 fully saturated rings. The summed E-state index contributed by atoms with van der Waals surface area (Å²) >= 11 is 0. The van der Waals surface area contributed by atoms with Gasteiger partial charge in [0.2, 0.25) is 0 Å². The third kappa shape index (κ3) is 5.65. The van der Waals surface area contributed by atoms with Crippen molar-refractivity contribution in [3.05, 3.63) is 206 Å². The second-order valence-electron chi connectivity index (χ2n) is 14.5. The van der Waals surface area contributed by atoms with Crippen LogP contribution in [0.25, 0.3) is 100 Å². The molecule has 0 aliphatic heterocycles. The second kappa shape index (κ2) is 13.5. The van der Waals surface area contributed by atoms with Gasteiger partial charge in [-0.3, -0.25) is 0 Å². The average Bonchev–Trinajstić information content (AvgIpc) is 3.79. The maximum absolute atomic E-state index is 13.9. The van der Waals surface area contributed by atoms with Crippen molar-refractivity contribution in [1.82, 2.24) is 19.1 Å². The molecular weight excluding hydrogens is 719 g/mol. The summed E-state index contributed by atoms with van der Waals surface area (Å²) in [5.41, 5.74) is 12.7. The Morgan fingerprint density at radius 2 is 0.707 bits per heavy atom. The van der Waals surface area contributed by atoms with Crippen LogP contribution in [0, 0.1) is 11.6 Å². The van der Waals surface area contributed by atoms with Crippen molar-refractivity contribution in [3.63, 3.8) is 0 Å². The van der Waals surface area contributed by atoms with E-state index < -0.39 is 0 Å². The number of halogens is 2. The number of hydrogen-bond acceptors (Lipinski definition) is 2. The minimum absolute atomic E-state index is 0.321. The highest BCUT2D eigenvalue weighted by Crippen LogP contribution is 2.39. The molecule has 0 aliphatic rings. The highest BCUT2D eigenvalue weighted by atomic mass is 19.1. The first kappa shape index (κ1) is 33.6. The first-order valence-corrected chi connectivity index (χ1v) is 19.2. The lowest BCUT2D eigenvalue weighted by atomic mass is 10.0. The summed E-state index contributed by atoms with van der Waals surface area (Å²) in [7, 11) is 0. The van der Waals surface area contributed by atoms with Crippen molar-refractivity contribution >= 4 is 43.6 Å². The summed E-state index contributed by atoms with van der Waals surface area (Å²) in [6, 6.07) is 63.8. The number of rotatable bonds is 6. The first-order valence-electron chi connectivity index (χ1n) is 19.2. The number of benzene rings is 8. The van der Waals surface area contributed by atoms with E-state index in [1.807, 2.05) is 18.2 Å². The lowest BCUT2D eigenvalue weighted by molar-refractivity contribution is 0.627. The highest BCUT2D eigenvalue weighted by Gasteiger charge is 2.17. The third-order valence-corrected chi connectivity index (χ3v) is 11.1. The van der Waals surface area contributed by atoms with E-state index in [0.717, 1.165) is 50.2 Å². The lowest BCUT2D eigenvalue weighted by Gasteiger charge is -2.11. The molecule has 0 saturated carbocycles. The summed E-state index contributed by atoms with van der Waals surface area (Å²) in [4.78, 5) is 9.83. The molecule has 58 heavy (non-hydrogen) atoms. The minimum atomic E-state index is -0.321. The molecule has 0 unspecified atom stereocenters. The van der Waals surface area contributed by atoms with Gasteiger partial charge in [-0.2, -0.15) is 0 Å². The average molecular weight is 751 g/mol. The molecule has 3 aromatic heterocycles. The van der Waals surface area contributed by atoms with E-state index in [-0.39, 0.29) is 11.6 Å². The Morgan fingerprint density at radius 1 is 0.310 bits per heavy atom. The fraction of sp³-hybridized carbons (Fsp3) is 0. The molecule has 11 rings (SSSR count). The van der Waals surface area contributed by atoms with Gasteiger partial charge in [0, 0.05) is 49.6 Å². The van der Waals surface area contributed by atoms with Gasteiger partial charge in [0.25, 0.3) is 0 Å². The van der Waals surface area contributed by atoms with Gasteiger partial charge in [0.05, 0.1) is 33.5 Å². The third-order valence-electron chi connectivity index (χ3n) is 11.1. The second-order valence-corrected chi connectivity index (χ2v) is 14.5. The molecule has 0 radical (unpaired) electrons. The molecule has 6 heteroatoms. The van der Waals surface area contributed by atoms with Gasteiger partial charge < -0.3 is 9.13 Å². The van der Waals surface area contributed by atoms with E-state index in [2.05, 4.69) is 137 Å². The van der Waals surface area contributed by atoms with Crippen molar-refractivity contribution in [3.8, 4) is 56.4 Å². The van der Waals surface area contributed by atoms with Crippen LogP contribution in [0.4, 0.5) is 8.78 Å². The van der Waals surface area contributed by atoms with Crippen LogP contribution in [-0.4, -0.2) is 19.1 Å². The minimum Gasteiger partial charge on any atom is -0.309 e. The Balaban J connectivity index is 1.00. The van der Waals surface area contributed by atoms with Crippen LogP contribution < -0.4 is 0 Å². The van der Waals surface area contributed by atoms with Crippen molar-refractivity contribution in [2.45, 2.75) is 0 Å². The molecule has 8 aromatic carbocycles. The Bertz CT molecular complexity index is 3270. The Hall–Kier alpha value is -7.70. The predicted octanol–water partition coefficient (Wildman–Crippen LogP) is 13.6. The molecule has 4 nitrogen and oxygen atoms in total. The molecule has 0 atom stereocenters. The fourth-order valence-corrected chi connectivity index (χ4v) is 8.31. The van der Waals surface area contributed by atoms with Gasteiger partial charge in [-0.05, 0) is 139 Å². The fourth-order valence-electron chi connectivity index (χ4n) is 8.31. The zero-order valence-corrected chi connectivity index (χ0v) is 31.0. The molecule has 0 bridgehead atoms. The zero-order valence-electron chi connectivity index (χ0n) is 31.0. The van der Waals surface area contributed by atoms with E-state index in [4.69, 9.17) is 9.97 Å². The first-order chi connectivity index (χ1) is 28.6. The van der Waals surface area contributed by atoms with Crippen molar-refractivity contribution in [2.75, 3.05) is 0 Å². The van der Waals surface area contributed by atoms with Crippen LogP contribution in [0.3, 0.4) is 0 Å². The summed E-state index contributed by atoms with van der Waals surface area (Å²) in [5, 5.41) is 4.79. The highest BCUT2D eigenvalue weighted by molar-refractivity contribution is 6.12. The van der Waals surface area contributed by atoms with E-state index in [1.54, 1.807) is 24.3 Å². The molecule has 0 aliphatic carbocycles. The molecule has 0 amide bonds. The number of hydrogen-bond donors (Lipinski definition) is 0. The number of para-hydroxylation sites is 3. The maximum atomic E-state index is 13.9. The van der Waals surface area contributed by atoms with E-state index in [9.17, 15) is 8.78 Å². The van der Waals surface area contributed by atoms with Crippen LogP contribution in [-0.2, 0) is 0 Å². The Morgan fingerprint density at radius 3 is 1.21 bits per heavy atom. The molecule has 11 aromatic rings. The molecule has 274 valence electrons. The SMILES string of the molecule is Fc1ccc(-c2cc(-c3ccc(F)cc3)nc(-c3ccc(-n4c5ccccc5c5cc(-c6ccc7c(c6)c6ccccc6n7-c6ccccc6)ccc54)cc3)n2)cc1. The summed E-state index contributed by atoms with van der Waals surface area (Å²) in [6.45, 7) is 0. The van der Waals surface area contributed by atoms with Crippen LogP contribution in [0.15, 0.2) is 194 Å². The van der Waals surface area contributed by atoms with Crippen LogP contribution >= 0.6 is 0 Å². The standard InChI is InChI=1S/C52H32F2N4/c53-38-22-14-33(15-23-38)46-32-47(34-16-24-39(54)25-17-34)56-52(55-46)35-18-26-41(27-19-35)58-49-13-7-5-11-43(49)45-31-37(21-29-51(45)58)36-20-28-50-44(30-36)42-10-4-6-12-48(42)57(50)40-8-2-1-3-9-40/h1-32H. The molecule has 3 heterocycles. The maximum Gasteiger partial charge on any atom is 0.160 e. The van der Waals surface area contributed by atoms with Gasteiger partial charge in [0.15, 0.2) is 5.82 Å². The Kier molecular flexibility index (Phi) is 7.83. The lowest BCUT2D eigenvalue weighted by Crippen LogP contribution is -1.97. The molecule has 0 spiro atoms. The van der Waals surface area contributed by atoms with E-state index in [1.165, 1.54) is 56.8 Å². The largest absolute Gasteiger partial charge is 0.309 e. The summed E-state index contributed by atoms with van der Waals surface area (Å²) in [6.07, 6.45) is 0. The molecule has 0 N–H and O–H groups in total. The normalized spacial score (nSPS) is 11.6. The van der Waals surface area contributed by atoms with Gasteiger partial charge in [-0.15, -0.1) is 0 Å². The van der Waals surface area contributed by atoms with Crippen molar-refractivity contribution in [2.24, 2.45) is 0 Å². The van der Waals surface area contributed by atoms with Gasteiger partial charge in [-0.1, -0.05) is 66.7 Å². The van der Waals surface area contributed by atoms with Crippen LogP contribution in [0.2, 0.25) is 0 Å². The Labute approximate surface area is 332 Å². The molecule has 0 saturated heterocycles. The van der Waals surface area contributed by atoms with E-state index in [0.29, 0.717) is 17.2 Å². The van der Waals surface area contributed by atoms with Crippen LogP contribution in [0.1, 0.15) is 0 Å². The van der Waals surface area contributed by atoms with Crippen molar-refractivity contribution < 1.29 is 8.78 Å². The van der Waals surface area contributed by atoms with Gasteiger partial charge in [-0.25, -0.2) is 18.7 Å². The van der Waals surface area contributed by atoms with Crippen molar-refractivity contribution in [1.29, 1.82) is 0 Å². The number of nitrogens with zero attached hydrogens (tertiary/aromatic N) is 4. The number of aromatic nitrogens is 4. The monoisotopic (exact) mass is 750 g/mol. The smallest absolute Gasteiger partial charge is 0.160 e. The summed E-state index contributed by atoms with van der Waals surface area (Å²) in [5.74, 6) is -0.124. The van der Waals surface area contributed by atoms with Crippen LogP contribution in [0.5, 0.6) is 0 Å². The predicted molar refractivity (Wildman–Crippen MR) is 232 cm³/mol. The zero-order chi connectivity index (χ0) is 38.7. The number of fused-ring (bicyclic) bond motifs is 6. The molecular formula is C52H32F2N4. The van der Waals surface area contributed by atoms with Gasteiger partial charge in [0.1, 0.15) is 11.6 Å². The topological polar surface area (TPSA) is 35.6 Å². The van der Waals surface area contributed by atoms with Gasteiger partial charge >= 0.3 is 0 Å². The summed E-state index contributed by atoms with van der Waals surface area (Å²) < 4.78 is 32.3. The van der Waals surface area contributed by atoms with E-state index >= 15 is 0 Å².